The van der Waals surface area contributed by atoms with Crippen LogP contribution in [-0.4, -0.2) is 12.5 Å². The van der Waals surface area contributed by atoms with E-state index in [1.807, 2.05) is 0 Å². The molecule has 2 aromatic carbocycles. The van der Waals surface area contributed by atoms with Gasteiger partial charge in [0, 0.05) is 11.3 Å². The third-order valence-electron chi connectivity index (χ3n) is 2.68. The van der Waals surface area contributed by atoms with E-state index in [0.717, 1.165) is 0 Å². The van der Waals surface area contributed by atoms with Gasteiger partial charge in [0.1, 0.15) is 18.2 Å². The lowest BCUT2D eigenvalue weighted by Crippen LogP contribution is -2.21. The topological polar surface area (TPSA) is 64.4 Å². The molecule has 0 atom stereocenters. The second-order valence-corrected chi connectivity index (χ2v) is 4.16. The zero-order chi connectivity index (χ0) is 14.4. The van der Waals surface area contributed by atoms with E-state index in [4.69, 9.17) is 10.5 Å². The van der Waals surface area contributed by atoms with Crippen molar-refractivity contribution in [3.05, 3.63) is 59.9 Å². The standard InChI is InChI=1S/C15H15FN2O2/c16-14-4-2-1-3-11(14)10-20-13-7-5-12(6-8-13)18-15(19)9-17/h1-8H,9-10,17H2,(H,18,19). The number of amides is 1. The number of hydrogen-bond acceptors (Lipinski definition) is 3. The first-order chi connectivity index (χ1) is 9.69. The Hall–Kier alpha value is -2.40. The van der Waals surface area contributed by atoms with Crippen LogP contribution in [0.3, 0.4) is 0 Å². The van der Waals surface area contributed by atoms with Crippen molar-refractivity contribution in [1.29, 1.82) is 0 Å². The van der Waals surface area contributed by atoms with Crippen LogP contribution in [0.1, 0.15) is 5.56 Å². The van der Waals surface area contributed by atoms with Gasteiger partial charge in [0.15, 0.2) is 0 Å². The predicted octanol–water partition coefficient (Wildman–Crippen LogP) is 2.30. The minimum atomic E-state index is -0.292. The van der Waals surface area contributed by atoms with Crippen molar-refractivity contribution < 1.29 is 13.9 Å². The highest BCUT2D eigenvalue weighted by Crippen LogP contribution is 2.17. The second kappa shape index (κ2) is 6.68. The number of halogens is 1. The first-order valence-corrected chi connectivity index (χ1v) is 6.15. The number of benzene rings is 2. The van der Waals surface area contributed by atoms with Gasteiger partial charge in [-0.05, 0) is 30.3 Å². The lowest BCUT2D eigenvalue weighted by atomic mass is 10.2. The van der Waals surface area contributed by atoms with E-state index in [1.165, 1.54) is 6.07 Å². The smallest absolute Gasteiger partial charge is 0.238 e. The predicted molar refractivity (Wildman–Crippen MR) is 74.9 cm³/mol. The molecule has 1 amide bonds. The van der Waals surface area contributed by atoms with Crippen molar-refractivity contribution in [2.75, 3.05) is 11.9 Å². The molecule has 104 valence electrons. The fraction of sp³-hybridized carbons (Fsp3) is 0.133. The molecule has 0 bridgehead atoms. The molecule has 4 nitrogen and oxygen atoms in total. The average Bonchev–Trinajstić information content (AvgIpc) is 2.48. The SMILES string of the molecule is NCC(=O)Nc1ccc(OCc2ccccc2F)cc1. The zero-order valence-electron chi connectivity index (χ0n) is 10.8. The number of rotatable bonds is 5. The molecule has 0 aromatic heterocycles. The quantitative estimate of drug-likeness (QED) is 0.879. The largest absolute Gasteiger partial charge is 0.489 e. The molecule has 2 aromatic rings. The Kier molecular flexibility index (Phi) is 4.68. The van der Waals surface area contributed by atoms with E-state index in [2.05, 4.69) is 5.32 Å². The van der Waals surface area contributed by atoms with E-state index in [9.17, 15) is 9.18 Å². The highest BCUT2D eigenvalue weighted by molar-refractivity contribution is 5.92. The third-order valence-corrected chi connectivity index (χ3v) is 2.68. The van der Waals surface area contributed by atoms with E-state index < -0.39 is 0 Å². The molecule has 20 heavy (non-hydrogen) atoms. The van der Waals surface area contributed by atoms with Crippen molar-refractivity contribution in [2.24, 2.45) is 5.73 Å². The Morgan fingerprint density at radius 1 is 1.15 bits per heavy atom. The van der Waals surface area contributed by atoms with Gasteiger partial charge in [-0.3, -0.25) is 4.79 Å². The Morgan fingerprint density at radius 3 is 2.50 bits per heavy atom. The minimum Gasteiger partial charge on any atom is -0.489 e. The van der Waals surface area contributed by atoms with Gasteiger partial charge in [0.05, 0.1) is 6.54 Å². The van der Waals surface area contributed by atoms with Gasteiger partial charge in [-0.15, -0.1) is 0 Å². The van der Waals surface area contributed by atoms with Gasteiger partial charge in [-0.2, -0.15) is 0 Å². The van der Waals surface area contributed by atoms with Crippen molar-refractivity contribution in [2.45, 2.75) is 6.61 Å². The van der Waals surface area contributed by atoms with Crippen LogP contribution < -0.4 is 15.8 Å². The maximum absolute atomic E-state index is 13.4. The minimum absolute atomic E-state index is 0.0640. The van der Waals surface area contributed by atoms with Crippen molar-refractivity contribution in [3.8, 4) is 5.75 Å². The summed E-state index contributed by atoms with van der Waals surface area (Å²) in [5.74, 6) is 0.0448. The molecule has 0 aliphatic heterocycles. The number of nitrogens with one attached hydrogen (secondary N) is 1. The molecule has 0 fully saturated rings. The molecule has 0 saturated heterocycles. The first-order valence-electron chi connectivity index (χ1n) is 6.15. The van der Waals surface area contributed by atoms with Gasteiger partial charge in [0.25, 0.3) is 0 Å². The fourth-order valence-electron chi connectivity index (χ4n) is 1.62. The highest BCUT2D eigenvalue weighted by Gasteiger charge is 2.03. The Bertz CT molecular complexity index is 585. The second-order valence-electron chi connectivity index (χ2n) is 4.16. The van der Waals surface area contributed by atoms with Gasteiger partial charge in [0.2, 0.25) is 5.91 Å². The molecule has 0 radical (unpaired) electrons. The summed E-state index contributed by atoms with van der Waals surface area (Å²) < 4.78 is 18.9. The lowest BCUT2D eigenvalue weighted by Gasteiger charge is -2.08. The number of nitrogens with two attached hydrogens (primary N) is 1. The van der Waals surface area contributed by atoms with E-state index >= 15 is 0 Å². The number of ether oxygens (including phenoxy) is 1. The van der Waals surface area contributed by atoms with Crippen molar-refractivity contribution in [1.82, 2.24) is 0 Å². The van der Waals surface area contributed by atoms with E-state index in [0.29, 0.717) is 17.0 Å². The number of anilines is 1. The molecule has 0 heterocycles. The number of carbonyl (C=O) groups is 1. The molecule has 0 saturated carbocycles. The van der Waals surface area contributed by atoms with E-state index in [1.54, 1.807) is 42.5 Å². The highest BCUT2D eigenvalue weighted by atomic mass is 19.1. The van der Waals surface area contributed by atoms with Crippen LogP contribution in [0.4, 0.5) is 10.1 Å². The summed E-state index contributed by atoms with van der Waals surface area (Å²) >= 11 is 0. The van der Waals surface area contributed by atoms with Crippen LogP contribution in [0, 0.1) is 5.82 Å². The molecule has 2 rings (SSSR count). The third kappa shape index (κ3) is 3.80. The van der Waals surface area contributed by atoms with Gasteiger partial charge >= 0.3 is 0 Å². The van der Waals surface area contributed by atoms with Crippen LogP contribution in [0.25, 0.3) is 0 Å². The molecular weight excluding hydrogens is 259 g/mol. The maximum atomic E-state index is 13.4. The zero-order valence-corrected chi connectivity index (χ0v) is 10.8. The number of carbonyl (C=O) groups excluding carboxylic acids is 1. The number of hydrogen-bond donors (Lipinski definition) is 2. The van der Waals surface area contributed by atoms with Gasteiger partial charge in [-0.1, -0.05) is 18.2 Å². The summed E-state index contributed by atoms with van der Waals surface area (Å²) in [6.45, 7) is 0.0900. The molecule has 5 heteroatoms. The first kappa shape index (κ1) is 14.0. The summed E-state index contributed by atoms with van der Waals surface area (Å²) in [6.07, 6.45) is 0. The van der Waals surface area contributed by atoms with Crippen LogP contribution in [0.5, 0.6) is 5.75 Å². The maximum Gasteiger partial charge on any atom is 0.238 e. The van der Waals surface area contributed by atoms with Crippen molar-refractivity contribution >= 4 is 11.6 Å². The summed E-state index contributed by atoms with van der Waals surface area (Å²) in [5, 5.41) is 2.62. The molecule has 0 aliphatic rings. The normalized spacial score (nSPS) is 10.1. The molecular formula is C15H15FN2O2. The van der Waals surface area contributed by atoms with Gasteiger partial charge < -0.3 is 15.8 Å². The Balaban J connectivity index is 1.94. The summed E-state index contributed by atoms with van der Waals surface area (Å²) in [6, 6.07) is 13.3. The average molecular weight is 274 g/mol. The molecule has 3 N–H and O–H groups in total. The van der Waals surface area contributed by atoms with Crippen LogP contribution in [0.2, 0.25) is 0 Å². The molecule has 0 unspecified atom stereocenters. The summed E-state index contributed by atoms with van der Waals surface area (Å²) in [7, 11) is 0. The summed E-state index contributed by atoms with van der Waals surface area (Å²) in [5.41, 5.74) is 6.34. The molecule has 0 spiro atoms. The van der Waals surface area contributed by atoms with Crippen LogP contribution in [-0.2, 0) is 11.4 Å². The summed E-state index contributed by atoms with van der Waals surface area (Å²) in [4.78, 5) is 11.1. The van der Waals surface area contributed by atoms with Gasteiger partial charge in [-0.25, -0.2) is 4.39 Å². The monoisotopic (exact) mass is 274 g/mol. The van der Waals surface area contributed by atoms with Crippen LogP contribution in [0.15, 0.2) is 48.5 Å². The van der Waals surface area contributed by atoms with Crippen molar-refractivity contribution in [3.63, 3.8) is 0 Å². The fourth-order valence-corrected chi connectivity index (χ4v) is 1.62. The van der Waals surface area contributed by atoms with Crippen LogP contribution >= 0.6 is 0 Å². The molecule has 0 aliphatic carbocycles. The Labute approximate surface area is 116 Å². The lowest BCUT2D eigenvalue weighted by molar-refractivity contribution is -0.114. The van der Waals surface area contributed by atoms with E-state index in [-0.39, 0.29) is 24.9 Å². The Morgan fingerprint density at radius 2 is 1.85 bits per heavy atom.